The summed E-state index contributed by atoms with van der Waals surface area (Å²) in [5, 5.41) is 5.44. The predicted molar refractivity (Wildman–Crippen MR) is 112 cm³/mol. The van der Waals surface area contributed by atoms with Gasteiger partial charge in [-0.2, -0.15) is 0 Å². The van der Waals surface area contributed by atoms with Gasteiger partial charge in [-0.15, -0.1) is 0 Å². The predicted octanol–water partition coefficient (Wildman–Crippen LogP) is 2.87. The average Bonchev–Trinajstić information content (AvgIpc) is 3.01. The standard InChI is InChI=1S/C22H25FN4O3/c1-15-4-5-17(20(28)24-2)14-19(15)25-22(30)27-11-3-10-26(12-13-27)21(29)16-6-8-18(23)9-7-16/h4-9,14H,3,10-13H2,1-2H3,(H,24,28)(H,25,30). The molecule has 30 heavy (non-hydrogen) atoms. The Balaban J connectivity index is 1.64. The largest absolute Gasteiger partial charge is 0.355 e. The fraction of sp³-hybridized carbons (Fsp3) is 0.318. The lowest BCUT2D eigenvalue weighted by atomic mass is 10.1. The van der Waals surface area contributed by atoms with Crippen LogP contribution < -0.4 is 10.6 Å². The van der Waals surface area contributed by atoms with Crippen LogP contribution in [0.15, 0.2) is 42.5 Å². The lowest BCUT2D eigenvalue weighted by Gasteiger charge is -2.23. The molecular weight excluding hydrogens is 387 g/mol. The van der Waals surface area contributed by atoms with Gasteiger partial charge in [-0.3, -0.25) is 9.59 Å². The third-order valence-corrected chi connectivity index (χ3v) is 5.13. The van der Waals surface area contributed by atoms with Gasteiger partial charge in [0.25, 0.3) is 11.8 Å². The molecule has 1 saturated heterocycles. The smallest absolute Gasteiger partial charge is 0.321 e. The highest BCUT2D eigenvalue weighted by Crippen LogP contribution is 2.18. The summed E-state index contributed by atoms with van der Waals surface area (Å²) in [4.78, 5) is 40.6. The molecule has 158 valence electrons. The zero-order chi connectivity index (χ0) is 21.7. The van der Waals surface area contributed by atoms with Crippen molar-refractivity contribution in [3.8, 4) is 0 Å². The topological polar surface area (TPSA) is 81.8 Å². The van der Waals surface area contributed by atoms with E-state index in [4.69, 9.17) is 0 Å². The van der Waals surface area contributed by atoms with Crippen LogP contribution in [0.5, 0.6) is 0 Å². The van der Waals surface area contributed by atoms with E-state index in [1.54, 1.807) is 35.0 Å². The summed E-state index contributed by atoms with van der Waals surface area (Å²) in [6.45, 7) is 3.65. The minimum Gasteiger partial charge on any atom is -0.355 e. The lowest BCUT2D eigenvalue weighted by Crippen LogP contribution is -2.39. The summed E-state index contributed by atoms with van der Waals surface area (Å²) in [6.07, 6.45) is 0.637. The molecule has 7 nitrogen and oxygen atoms in total. The number of hydrogen-bond donors (Lipinski definition) is 2. The quantitative estimate of drug-likeness (QED) is 0.813. The summed E-state index contributed by atoms with van der Waals surface area (Å²) in [5.74, 6) is -0.789. The molecule has 0 unspecified atom stereocenters. The van der Waals surface area contributed by atoms with E-state index < -0.39 is 0 Å². The minimum absolute atomic E-state index is 0.175. The first-order chi connectivity index (χ1) is 14.4. The van der Waals surface area contributed by atoms with E-state index in [0.717, 1.165) is 5.56 Å². The second-order valence-electron chi connectivity index (χ2n) is 7.18. The molecule has 1 aliphatic heterocycles. The van der Waals surface area contributed by atoms with Gasteiger partial charge in [-0.05, 0) is 55.3 Å². The number of nitrogens with one attached hydrogen (secondary N) is 2. The Hall–Kier alpha value is -3.42. The van der Waals surface area contributed by atoms with Crippen LogP contribution in [0.1, 0.15) is 32.7 Å². The van der Waals surface area contributed by atoms with Crippen molar-refractivity contribution >= 4 is 23.5 Å². The van der Waals surface area contributed by atoms with Crippen LogP contribution in [0, 0.1) is 12.7 Å². The van der Waals surface area contributed by atoms with Gasteiger partial charge in [0, 0.05) is 50.0 Å². The third kappa shape index (κ3) is 4.94. The number of halogens is 1. The van der Waals surface area contributed by atoms with Crippen molar-refractivity contribution in [2.75, 3.05) is 38.5 Å². The maximum atomic E-state index is 13.1. The summed E-state index contributed by atoms with van der Waals surface area (Å²) in [6, 6.07) is 10.3. The Morgan fingerprint density at radius 1 is 0.900 bits per heavy atom. The van der Waals surface area contributed by atoms with Crippen LogP contribution in [0.25, 0.3) is 0 Å². The Kier molecular flexibility index (Phi) is 6.66. The monoisotopic (exact) mass is 412 g/mol. The fourth-order valence-electron chi connectivity index (χ4n) is 3.34. The van der Waals surface area contributed by atoms with Crippen molar-refractivity contribution in [1.82, 2.24) is 15.1 Å². The highest BCUT2D eigenvalue weighted by atomic mass is 19.1. The van der Waals surface area contributed by atoms with Crippen molar-refractivity contribution in [1.29, 1.82) is 0 Å². The van der Waals surface area contributed by atoms with Crippen LogP contribution in [-0.2, 0) is 0 Å². The van der Waals surface area contributed by atoms with E-state index in [1.807, 2.05) is 6.92 Å². The number of hydrogen-bond acceptors (Lipinski definition) is 3. The highest BCUT2D eigenvalue weighted by Gasteiger charge is 2.23. The van der Waals surface area contributed by atoms with E-state index >= 15 is 0 Å². The SMILES string of the molecule is CNC(=O)c1ccc(C)c(NC(=O)N2CCCN(C(=O)c3ccc(F)cc3)CC2)c1. The molecule has 4 amide bonds. The molecule has 0 aliphatic carbocycles. The van der Waals surface area contributed by atoms with Gasteiger partial charge in [-0.25, -0.2) is 9.18 Å². The van der Waals surface area contributed by atoms with Crippen molar-refractivity contribution < 1.29 is 18.8 Å². The lowest BCUT2D eigenvalue weighted by molar-refractivity contribution is 0.0762. The molecule has 0 saturated carbocycles. The van der Waals surface area contributed by atoms with E-state index in [2.05, 4.69) is 10.6 Å². The normalized spacial score (nSPS) is 14.1. The maximum absolute atomic E-state index is 13.1. The molecule has 1 fully saturated rings. The summed E-state index contributed by atoms with van der Waals surface area (Å²) in [7, 11) is 1.55. The Labute approximate surface area is 174 Å². The first-order valence-electron chi connectivity index (χ1n) is 9.82. The number of benzene rings is 2. The molecule has 8 heteroatoms. The molecular formula is C22H25FN4O3. The van der Waals surface area contributed by atoms with E-state index in [9.17, 15) is 18.8 Å². The molecule has 0 atom stereocenters. The summed E-state index contributed by atoms with van der Waals surface area (Å²) < 4.78 is 13.1. The van der Waals surface area contributed by atoms with Crippen molar-refractivity contribution in [2.45, 2.75) is 13.3 Å². The van der Waals surface area contributed by atoms with Gasteiger partial charge in [0.2, 0.25) is 0 Å². The molecule has 1 aliphatic rings. The zero-order valence-electron chi connectivity index (χ0n) is 17.1. The third-order valence-electron chi connectivity index (χ3n) is 5.13. The maximum Gasteiger partial charge on any atom is 0.321 e. The van der Waals surface area contributed by atoms with Crippen LogP contribution in [0.3, 0.4) is 0 Å². The Morgan fingerprint density at radius 2 is 1.53 bits per heavy atom. The first-order valence-corrected chi connectivity index (χ1v) is 9.82. The Bertz CT molecular complexity index is 946. The zero-order valence-corrected chi connectivity index (χ0v) is 17.1. The van der Waals surface area contributed by atoms with Gasteiger partial charge in [0.1, 0.15) is 5.82 Å². The number of nitrogens with zero attached hydrogens (tertiary/aromatic N) is 2. The average molecular weight is 412 g/mol. The summed E-state index contributed by atoms with van der Waals surface area (Å²) >= 11 is 0. The molecule has 2 N–H and O–H groups in total. The number of anilines is 1. The molecule has 0 spiro atoms. The van der Waals surface area contributed by atoms with E-state index in [1.165, 1.54) is 24.3 Å². The van der Waals surface area contributed by atoms with Gasteiger partial charge in [0.05, 0.1) is 0 Å². The molecule has 2 aromatic rings. The molecule has 0 radical (unpaired) electrons. The number of carbonyl (C=O) groups excluding carboxylic acids is 3. The van der Waals surface area contributed by atoms with Gasteiger partial charge < -0.3 is 20.4 Å². The minimum atomic E-state index is -0.388. The molecule has 2 aromatic carbocycles. The van der Waals surface area contributed by atoms with Crippen LogP contribution >= 0.6 is 0 Å². The second-order valence-corrected chi connectivity index (χ2v) is 7.18. The summed E-state index contributed by atoms with van der Waals surface area (Å²) in [5.41, 5.74) is 2.31. The fourth-order valence-corrected chi connectivity index (χ4v) is 3.34. The molecule has 0 bridgehead atoms. The van der Waals surface area contributed by atoms with E-state index in [0.29, 0.717) is 49.4 Å². The van der Waals surface area contributed by atoms with E-state index in [-0.39, 0.29) is 23.7 Å². The van der Waals surface area contributed by atoms with Gasteiger partial charge in [0.15, 0.2) is 0 Å². The van der Waals surface area contributed by atoms with Crippen LogP contribution in [0.4, 0.5) is 14.9 Å². The molecule has 0 aromatic heterocycles. The molecule has 1 heterocycles. The first kappa shape index (κ1) is 21.3. The number of aryl methyl sites for hydroxylation is 1. The highest BCUT2D eigenvalue weighted by molar-refractivity contribution is 5.97. The second kappa shape index (κ2) is 9.39. The van der Waals surface area contributed by atoms with Gasteiger partial charge >= 0.3 is 6.03 Å². The van der Waals surface area contributed by atoms with Crippen molar-refractivity contribution in [3.63, 3.8) is 0 Å². The number of carbonyl (C=O) groups is 3. The molecule has 3 rings (SSSR count). The van der Waals surface area contributed by atoms with Crippen LogP contribution in [-0.4, -0.2) is 60.9 Å². The number of rotatable bonds is 3. The number of urea groups is 1. The van der Waals surface area contributed by atoms with Crippen molar-refractivity contribution in [2.24, 2.45) is 0 Å². The van der Waals surface area contributed by atoms with Crippen molar-refractivity contribution in [3.05, 3.63) is 65.0 Å². The number of amides is 4. The Morgan fingerprint density at radius 3 is 2.23 bits per heavy atom. The van der Waals surface area contributed by atoms with Gasteiger partial charge in [-0.1, -0.05) is 6.07 Å². The van der Waals surface area contributed by atoms with Crippen LogP contribution in [0.2, 0.25) is 0 Å².